The zero-order valence-corrected chi connectivity index (χ0v) is 20.2. The predicted molar refractivity (Wildman–Crippen MR) is 141 cm³/mol. The maximum absolute atomic E-state index is 13.6. The number of likely N-dealkylation sites (tertiary alicyclic amines) is 1. The van der Waals surface area contributed by atoms with Crippen LogP contribution >= 0.6 is 0 Å². The lowest BCUT2D eigenvalue weighted by atomic mass is 9.98. The second kappa shape index (κ2) is 10.2. The molecule has 2 aliphatic rings. The molecule has 0 unspecified atom stereocenters. The van der Waals surface area contributed by atoms with E-state index in [1.54, 1.807) is 0 Å². The fraction of sp³-hybridized carbons (Fsp3) is 0.310. The molecular formula is C29H32N4O2. The Morgan fingerprint density at radius 2 is 1.51 bits per heavy atom. The first-order valence-electron chi connectivity index (χ1n) is 12.5. The predicted octanol–water partition coefficient (Wildman–Crippen LogP) is 5.83. The van der Waals surface area contributed by atoms with Crippen molar-refractivity contribution in [3.05, 3.63) is 89.0 Å². The molecule has 180 valence electrons. The molecule has 3 amide bonds. The molecule has 6 nitrogen and oxygen atoms in total. The molecule has 0 atom stereocenters. The summed E-state index contributed by atoms with van der Waals surface area (Å²) in [6.45, 7) is 5.19. The summed E-state index contributed by atoms with van der Waals surface area (Å²) in [5.41, 5.74) is 6.67. The van der Waals surface area contributed by atoms with Gasteiger partial charge in [0.1, 0.15) is 0 Å². The number of rotatable bonds is 4. The van der Waals surface area contributed by atoms with Gasteiger partial charge >= 0.3 is 6.03 Å². The summed E-state index contributed by atoms with van der Waals surface area (Å²) in [4.78, 5) is 30.6. The molecule has 0 radical (unpaired) electrons. The average Bonchev–Trinajstić information content (AvgIpc) is 2.88. The van der Waals surface area contributed by atoms with E-state index in [1.807, 2.05) is 54.3 Å². The minimum absolute atomic E-state index is 0.0429. The summed E-state index contributed by atoms with van der Waals surface area (Å²) < 4.78 is 0. The molecule has 1 fully saturated rings. The van der Waals surface area contributed by atoms with Crippen LogP contribution in [-0.4, -0.2) is 36.5 Å². The zero-order chi connectivity index (χ0) is 24.2. The molecule has 3 aromatic carbocycles. The molecule has 2 aliphatic heterocycles. The monoisotopic (exact) mass is 468 g/mol. The van der Waals surface area contributed by atoms with Gasteiger partial charge in [0.15, 0.2) is 0 Å². The Bertz CT molecular complexity index is 1230. The molecule has 2 N–H and O–H groups in total. The first-order valence-corrected chi connectivity index (χ1v) is 12.5. The summed E-state index contributed by atoms with van der Waals surface area (Å²) in [6, 6.07) is 21.6. The number of nitrogens with zero attached hydrogens (tertiary/aromatic N) is 2. The van der Waals surface area contributed by atoms with Gasteiger partial charge < -0.3 is 20.4 Å². The minimum Gasteiger partial charge on any atom is -0.366 e. The van der Waals surface area contributed by atoms with E-state index in [1.165, 1.54) is 17.5 Å². The van der Waals surface area contributed by atoms with E-state index in [2.05, 4.69) is 39.8 Å². The molecule has 6 heteroatoms. The van der Waals surface area contributed by atoms with E-state index >= 15 is 0 Å². The quantitative estimate of drug-likeness (QED) is 0.507. The summed E-state index contributed by atoms with van der Waals surface area (Å²) in [6.07, 6.45) is 4.19. The van der Waals surface area contributed by atoms with Gasteiger partial charge in [-0.2, -0.15) is 0 Å². The molecule has 0 spiro atoms. The number of fused-ring (bicyclic) bond motifs is 1. The molecule has 0 aliphatic carbocycles. The number of nitrogens with one attached hydrogen (secondary N) is 2. The van der Waals surface area contributed by atoms with Gasteiger partial charge in [-0.3, -0.25) is 4.79 Å². The summed E-state index contributed by atoms with van der Waals surface area (Å²) in [5, 5.41) is 5.79. The Balaban J connectivity index is 1.41. The smallest absolute Gasteiger partial charge is 0.323 e. The topological polar surface area (TPSA) is 64.7 Å². The van der Waals surface area contributed by atoms with E-state index < -0.39 is 0 Å². The second-order valence-corrected chi connectivity index (χ2v) is 9.47. The van der Waals surface area contributed by atoms with Gasteiger partial charge in [0.05, 0.1) is 5.56 Å². The molecule has 0 aromatic heterocycles. The number of hydrogen-bond acceptors (Lipinski definition) is 3. The molecule has 1 saturated heterocycles. The molecule has 0 bridgehead atoms. The van der Waals surface area contributed by atoms with Crippen molar-refractivity contribution >= 4 is 29.0 Å². The molecular weight excluding hydrogens is 436 g/mol. The Hall–Kier alpha value is -3.80. The highest BCUT2D eigenvalue weighted by atomic mass is 16.2. The first kappa shape index (κ1) is 23.0. The van der Waals surface area contributed by atoms with Crippen LogP contribution < -0.4 is 15.5 Å². The van der Waals surface area contributed by atoms with Crippen LogP contribution in [0.1, 0.15) is 46.3 Å². The Morgan fingerprint density at radius 1 is 0.771 bits per heavy atom. The standard InChI is InChI=1S/C29H32N4O2/c1-21-8-7-11-24(18-21)30-29(35)31-25-12-13-27(26(19-25)28(34)32-15-5-2-6-16-32)33-17-14-22-9-3-4-10-23(22)20-33/h3-4,7-13,18-19H,2,5-6,14-17,20H2,1H3,(H2,30,31,35). The number of hydrogen-bond donors (Lipinski definition) is 2. The number of carbonyl (C=O) groups is 2. The van der Waals surface area contributed by atoms with Crippen molar-refractivity contribution in [1.29, 1.82) is 0 Å². The molecule has 2 heterocycles. The SMILES string of the molecule is Cc1cccc(NC(=O)Nc2ccc(N3CCc4ccccc4C3)c(C(=O)N3CCCCC3)c2)c1. The fourth-order valence-electron chi connectivity index (χ4n) is 5.05. The van der Waals surface area contributed by atoms with Crippen molar-refractivity contribution in [2.75, 3.05) is 35.2 Å². The highest BCUT2D eigenvalue weighted by molar-refractivity contribution is 6.04. The van der Waals surface area contributed by atoms with Gasteiger partial charge in [-0.05, 0) is 79.6 Å². The maximum atomic E-state index is 13.6. The van der Waals surface area contributed by atoms with Crippen molar-refractivity contribution in [3.8, 4) is 0 Å². The van der Waals surface area contributed by atoms with Crippen molar-refractivity contribution in [2.45, 2.75) is 39.2 Å². The van der Waals surface area contributed by atoms with Crippen molar-refractivity contribution in [2.24, 2.45) is 0 Å². The number of carbonyl (C=O) groups excluding carboxylic acids is 2. The van der Waals surface area contributed by atoms with E-state index in [0.29, 0.717) is 11.3 Å². The van der Waals surface area contributed by atoms with Gasteiger partial charge in [-0.1, -0.05) is 36.4 Å². The van der Waals surface area contributed by atoms with Crippen molar-refractivity contribution in [1.82, 2.24) is 4.90 Å². The highest BCUT2D eigenvalue weighted by Gasteiger charge is 2.25. The number of amides is 3. The van der Waals surface area contributed by atoms with Gasteiger partial charge in [0, 0.05) is 43.2 Å². The van der Waals surface area contributed by atoms with Crippen LogP contribution in [0.25, 0.3) is 0 Å². The Labute approximate surface area is 206 Å². The van der Waals surface area contributed by atoms with E-state index in [9.17, 15) is 9.59 Å². The molecule has 0 saturated carbocycles. The van der Waals surface area contributed by atoms with Gasteiger partial charge in [0.25, 0.3) is 5.91 Å². The lowest BCUT2D eigenvalue weighted by Gasteiger charge is -2.34. The zero-order valence-electron chi connectivity index (χ0n) is 20.2. The van der Waals surface area contributed by atoms with Gasteiger partial charge in [0.2, 0.25) is 0 Å². The largest absolute Gasteiger partial charge is 0.366 e. The normalized spacial score (nSPS) is 15.3. The van der Waals surface area contributed by atoms with Crippen molar-refractivity contribution in [3.63, 3.8) is 0 Å². The maximum Gasteiger partial charge on any atom is 0.323 e. The number of anilines is 3. The van der Waals surface area contributed by atoms with E-state index in [-0.39, 0.29) is 11.9 Å². The third kappa shape index (κ3) is 5.32. The van der Waals surface area contributed by atoms with Crippen LogP contribution in [-0.2, 0) is 13.0 Å². The van der Waals surface area contributed by atoms with Crippen LogP contribution in [0.3, 0.4) is 0 Å². The lowest BCUT2D eigenvalue weighted by Crippen LogP contribution is -2.38. The van der Waals surface area contributed by atoms with Crippen LogP contribution in [0.15, 0.2) is 66.7 Å². The van der Waals surface area contributed by atoms with E-state index in [0.717, 1.165) is 62.4 Å². The van der Waals surface area contributed by atoms with Gasteiger partial charge in [-0.25, -0.2) is 4.79 Å². The third-order valence-electron chi connectivity index (χ3n) is 6.88. The number of urea groups is 1. The van der Waals surface area contributed by atoms with E-state index in [4.69, 9.17) is 0 Å². The Morgan fingerprint density at radius 3 is 2.29 bits per heavy atom. The lowest BCUT2D eigenvalue weighted by molar-refractivity contribution is 0.0725. The summed E-state index contributed by atoms with van der Waals surface area (Å²) in [7, 11) is 0. The first-order chi connectivity index (χ1) is 17.1. The molecule has 35 heavy (non-hydrogen) atoms. The highest BCUT2D eigenvalue weighted by Crippen LogP contribution is 2.31. The van der Waals surface area contributed by atoms with Crippen LogP contribution in [0.5, 0.6) is 0 Å². The third-order valence-corrected chi connectivity index (χ3v) is 6.88. The minimum atomic E-state index is -0.327. The van der Waals surface area contributed by atoms with Crippen LogP contribution in [0.2, 0.25) is 0 Å². The number of piperidine rings is 1. The fourth-order valence-corrected chi connectivity index (χ4v) is 5.05. The van der Waals surface area contributed by atoms with Crippen LogP contribution in [0.4, 0.5) is 21.9 Å². The number of aryl methyl sites for hydroxylation is 1. The average molecular weight is 469 g/mol. The van der Waals surface area contributed by atoms with Crippen LogP contribution in [0, 0.1) is 6.92 Å². The van der Waals surface area contributed by atoms with Crippen molar-refractivity contribution < 1.29 is 9.59 Å². The number of benzene rings is 3. The van der Waals surface area contributed by atoms with Gasteiger partial charge in [-0.15, -0.1) is 0 Å². The molecule has 3 aromatic rings. The summed E-state index contributed by atoms with van der Waals surface area (Å²) in [5.74, 6) is 0.0429. The second-order valence-electron chi connectivity index (χ2n) is 9.47. The summed E-state index contributed by atoms with van der Waals surface area (Å²) >= 11 is 0. The molecule has 5 rings (SSSR count). The Kier molecular flexibility index (Phi) is 6.70.